The molecule has 0 aromatic carbocycles. The van der Waals surface area contributed by atoms with Crippen molar-refractivity contribution in [2.24, 2.45) is 0 Å². The Balaban J connectivity index is 2.39. The number of nitrogens with zero attached hydrogens (tertiary/aromatic N) is 1. The van der Waals surface area contributed by atoms with Gasteiger partial charge in [-0.15, -0.1) is 0 Å². The number of likely N-dealkylation sites (N-methyl/N-ethyl adjacent to an activating group) is 1. The van der Waals surface area contributed by atoms with Crippen molar-refractivity contribution in [3.8, 4) is 0 Å². The van der Waals surface area contributed by atoms with Crippen molar-refractivity contribution < 1.29 is 5.11 Å². The largest absolute Gasteiger partial charge is 0.390 e. The van der Waals surface area contributed by atoms with E-state index >= 15 is 0 Å². The number of nitrogens with one attached hydrogen (secondary N) is 1. The molecular weight excluding hydrogens is 152 g/mol. The maximum atomic E-state index is 9.64. The molecule has 0 aromatic heterocycles. The summed E-state index contributed by atoms with van der Waals surface area (Å²) in [6, 6.07) is 0.820. The fraction of sp³-hybridized carbons (Fsp3) is 1.00. The van der Waals surface area contributed by atoms with Crippen LogP contribution in [0.5, 0.6) is 0 Å². The van der Waals surface area contributed by atoms with Gasteiger partial charge in [0.25, 0.3) is 0 Å². The lowest BCUT2D eigenvalue weighted by atomic mass is 10.2. The molecule has 12 heavy (non-hydrogen) atoms. The minimum Gasteiger partial charge on any atom is -0.390 e. The molecule has 0 aromatic rings. The monoisotopic (exact) mass is 172 g/mol. The smallest absolute Gasteiger partial charge is 0.0832 e. The standard InChI is InChI=1S/C9H20N2O/c1-4-10-8-5-11(7(2)3)6-9(8)12/h7-10,12H,4-6H2,1-3H3/t8-,9-/m1/s1. The molecular formula is C9H20N2O. The number of aliphatic hydroxyl groups is 1. The van der Waals surface area contributed by atoms with Crippen LogP contribution in [-0.4, -0.2) is 47.8 Å². The minimum atomic E-state index is -0.188. The van der Waals surface area contributed by atoms with Gasteiger partial charge in [0, 0.05) is 25.2 Å². The van der Waals surface area contributed by atoms with Crippen LogP contribution in [0.25, 0.3) is 0 Å². The van der Waals surface area contributed by atoms with Gasteiger partial charge in [-0.25, -0.2) is 0 Å². The Morgan fingerprint density at radius 1 is 1.50 bits per heavy atom. The number of hydrogen-bond donors (Lipinski definition) is 2. The Kier molecular flexibility index (Phi) is 3.50. The molecule has 0 bridgehead atoms. The van der Waals surface area contributed by atoms with Crippen LogP contribution in [0, 0.1) is 0 Å². The zero-order chi connectivity index (χ0) is 9.14. The third-order valence-electron chi connectivity index (χ3n) is 2.51. The molecule has 1 fully saturated rings. The highest BCUT2D eigenvalue weighted by Gasteiger charge is 2.31. The fourth-order valence-electron chi connectivity index (χ4n) is 1.70. The van der Waals surface area contributed by atoms with E-state index in [2.05, 4.69) is 31.0 Å². The average molecular weight is 172 g/mol. The minimum absolute atomic E-state index is 0.188. The van der Waals surface area contributed by atoms with E-state index in [0.29, 0.717) is 6.04 Å². The summed E-state index contributed by atoms with van der Waals surface area (Å²) in [4.78, 5) is 2.30. The van der Waals surface area contributed by atoms with Crippen molar-refractivity contribution in [1.82, 2.24) is 10.2 Å². The van der Waals surface area contributed by atoms with E-state index in [4.69, 9.17) is 0 Å². The summed E-state index contributed by atoms with van der Waals surface area (Å²) >= 11 is 0. The van der Waals surface area contributed by atoms with Crippen LogP contribution in [0.3, 0.4) is 0 Å². The third kappa shape index (κ3) is 2.19. The van der Waals surface area contributed by atoms with Gasteiger partial charge < -0.3 is 10.4 Å². The van der Waals surface area contributed by atoms with Gasteiger partial charge in [-0.05, 0) is 20.4 Å². The lowest BCUT2D eigenvalue weighted by Crippen LogP contribution is -2.39. The van der Waals surface area contributed by atoms with Gasteiger partial charge in [-0.1, -0.05) is 6.92 Å². The van der Waals surface area contributed by atoms with Gasteiger partial charge >= 0.3 is 0 Å². The molecule has 72 valence electrons. The maximum absolute atomic E-state index is 9.64. The number of rotatable bonds is 3. The summed E-state index contributed by atoms with van der Waals surface area (Å²) in [5.74, 6) is 0. The quantitative estimate of drug-likeness (QED) is 0.631. The van der Waals surface area contributed by atoms with E-state index in [9.17, 15) is 5.11 Å². The molecule has 1 aliphatic rings. The predicted octanol–water partition coefficient (Wildman–Crippen LogP) is 0.0494. The van der Waals surface area contributed by atoms with Gasteiger partial charge in [0.05, 0.1) is 6.10 Å². The zero-order valence-corrected chi connectivity index (χ0v) is 8.25. The number of likely N-dealkylation sites (tertiary alicyclic amines) is 1. The Bertz CT molecular complexity index is 138. The van der Waals surface area contributed by atoms with Gasteiger partial charge in [0.15, 0.2) is 0 Å². The first-order valence-electron chi connectivity index (χ1n) is 4.80. The van der Waals surface area contributed by atoms with Crippen LogP contribution in [-0.2, 0) is 0 Å². The molecule has 1 rings (SSSR count). The van der Waals surface area contributed by atoms with Crippen molar-refractivity contribution in [2.75, 3.05) is 19.6 Å². The molecule has 0 aliphatic carbocycles. The molecule has 1 aliphatic heterocycles. The van der Waals surface area contributed by atoms with E-state index in [1.54, 1.807) is 0 Å². The first-order valence-corrected chi connectivity index (χ1v) is 4.80. The summed E-state index contributed by atoms with van der Waals surface area (Å²) in [6.45, 7) is 9.14. The normalized spacial score (nSPS) is 31.8. The molecule has 2 N–H and O–H groups in total. The predicted molar refractivity (Wildman–Crippen MR) is 50.2 cm³/mol. The second kappa shape index (κ2) is 4.21. The Morgan fingerprint density at radius 2 is 2.17 bits per heavy atom. The van der Waals surface area contributed by atoms with Gasteiger partial charge in [-0.3, -0.25) is 4.90 Å². The summed E-state index contributed by atoms with van der Waals surface area (Å²) in [5.41, 5.74) is 0. The summed E-state index contributed by atoms with van der Waals surface area (Å²) in [7, 11) is 0. The van der Waals surface area contributed by atoms with Crippen molar-refractivity contribution in [2.45, 2.75) is 39.0 Å². The fourth-order valence-corrected chi connectivity index (χ4v) is 1.70. The van der Waals surface area contributed by atoms with E-state index in [1.165, 1.54) is 0 Å². The Morgan fingerprint density at radius 3 is 2.58 bits per heavy atom. The van der Waals surface area contributed by atoms with Crippen LogP contribution in [0.15, 0.2) is 0 Å². The number of aliphatic hydroxyl groups excluding tert-OH is 1. The van der Waals surface area contributed by atoms with Crippen LogP contribution in [0.2, 0.25) is 0 Å². The van der Waals surface area contributed by atoms with Crippen LogP contribution in [0.4, 0.5) is 0 Å². The molecule has 2 atom stereocenters. The highest BCUT2D eigenvalue weighted by molar-refractivity contribution is 4.89. The van der Waals surface area contributed by atoms with Crippen molar-refractivity contribution in [3.05, 3.63) is 0 Å². The highest BCUT2D eigenvalue weighted by atomic mass is 16.3. The van der Waals surface area contributed by atoms with Crippen LogP contribution >= 0.6 is 0 Å². The maximum Gasteiger partial charge on any atom is 0.0832 e. The van der Waals surface area contributed by atoms with Gasteiger partial charge in [0.2, 0.25) is 0 Å². The molecule has 0 radical (unpaired) electrons. The Hall–Kier alpha value is -0.120. The lowest BCUT2D eigenvalue weighted by molar-refractivity contribution is 0.149. The average Bonchev–Trinajstić information content (AvgIpc) is 2.34. The van der Waals surface area contributed by atoms with Crippen LogP contribution < -0.4 is 5.32 Å². The Labute approximate surface area is 74.8 Å². The van der Waals surface area contributed by atoms with Crippen molar-refractivity contribution in [3.63, 3.8) is 0 Å². The molecule has 3 nitrogen and oxygen atoms in total. The van der Waals surface area contributed by atoms with Crippen LogP contribution in [0.1, 0.15) is 20.8 Å². The van der Waals surface area contributed by atoms with E-state index in [1.807, 2.05) is 0 Å². The molecule has 0 spiro atoms. The first kappa shape index (κ1) is 9.96. The van der Waals surface area contributed by atoms with Crippen molar-refractivity contribution >= 4 is 0 Å². The van der Waals surface area contributed by atoms with E-state index < -0.39 is 0 Å². The molecule has 1 saturated heterocycles. The highest BCUT2D eigenvalue weighted by Crippen LogP contribution is 2.12. The van der Waals surface area contributed by atoms with Gasteiger partial charge in [0.1, 0.15) is 0 Å². The summed E-state index contributed by atoms with van der Waals surface area (Å²) in [6.07, 6.45) is -0.188. The summed E-state index contributed by atoms with van der Waals surface area (Å²) < 4.78 is 0. The molecule has 0 amide bonds. The third-order valence-corrected chi connectivity index (χ3v) is 2.51. The SMILES string of the molecule is CCN[C@@H]1CN(C(C)C)C[C@H]1O. The van der Waals surface area contributed by atoms with Crippen molar-refractivity contribution in [1.29, 1.82) is 0 Å². The van der Waals surface area contributed by atoms with Gasteiger partial charge in [-0.2, -0.15) is 0 Å². The van der Waals surface area contributed by atoms with E-state index in [0.717, 1.165) is 19.6 Å². The molecule has 1 heterocycles. The molecule has 0 unspecified atom stereocenters. The lowest BCUT2D eigenvalue weighted by Gasteiger charge is -2.19. The molecule has 0 saturated carbocycles. The second-order valence-corrected chi connectivity index (χ2v) is 3.78. The first-order chi connectivity index (χ1) is 5.65. The zero-order valence-electron chi connectivity index (χ0n) is 8.25. The summed E-state index contributed by atoms with van der Waals surface area (Å²) in [5, 5.41) is 12.9. The molecule has 3 heteroatoms. The van der Waals surface area contributed by atoms with E-state index in [-0.39, 0.29) is 12.1 Å². The number of hydrogen-bond acceptors (Lipinski definition) is 3. The number of β-amino-alcohol motifs (C(OH)–C–C–N with tert-alkyl or cyclic N) is 1. The second-order valence-electron chi connectivity index (χ2n) is 3.78. The topological polar surface area (TPSA) is 35.5 Å².